The molecule has 5 rings (SSSR count). The van der Waals surface area contributed by atoms with Crippen molar-refractivity contribution in [2.24, 2.45) is 5.92 Å². The number of para-hydroxylation sites is 1. The van der Waals surface area contributed by atoms with Gasteiger partial charge in [0.05, 0.1) is 31.1 Å². The van der Waals surface area contributed by atoms with Crippen LogP contribution in [0.4, 0.5) is 0 Å². The zero-order chi connectivity index (χ0) is 25.1. The SMILES string of the molecule is O=C(NCCO)C1=CC(N(Cc2ccoc2)C(=O)CCC2CCCC2)C(O)C2Oc3ccccc3C12. The first kappa shape index (κ1) is 24.6. The van der Waals surface area contributed by atoms with E-state index in [9.17, 15) is 19.8 Å². The van der Waals surface area contributed by atoms with E-state index in [0.29, 0.717) is 23.7 Å². The van der Waals surface area contributed by atoms with E-state index in [1.807, 2.05) is 24.3 Å². The number of amides is 2. The normalized spacial score (nSPS) is 25.0. The van der Waals surface area contributed by atoms with Gasteiger partial charge in [-0.1, -0.05) is 43.9 Å². The molecule has 4 unspecified atom stereocenters. The molecule has 3 N–H and O–H groups in total. The lowest BCUT2D eigenvalue weighted by Gasteiger charge is -2.40. The third kappa shape index (κ3) is 4.92. The second kappa shape index (κ2) is 10.9. The minimum Gasteiger partial charge on any atom is -0.486 e. The quantitative estimate of drug-likeness (QED) is 0.494. The van der Waals surface area contributed by atoms with Gasteiger partial charge < -0.3 is 29.6 Å². The van der Waals surface area contributed by atoms with Crippen molar-refractivity contribution in [1.29, 1.82) is 0 Å². The summed E-state index contributed by atoms with van der Waals surface area (Å²) in [5, 5.41) is 23.5. The Morgan fingerprint density at radius 2 is 1.94 bits per heavy atom. The Labute approximate surface area is 210 Å². The molecule has 2 heterocycles. The molecule has 4 atom stereocenters. The Morgan fingerprint density at radius 1 is 1.14 bits per heavy atom. The highest BCUT2D eigenvalue weighted by Gasteiger charge is 2.50. The van der Waals surface area contributed by atoms with Gasteiger partial charge in [-0.3, -0.25) is 9.59 Å². The number of rotatable bonds is 9. The number of hydrogen-bond acceptors (Lipinski definition) is 6. The number of furan rings is 1. The van der Waals surface area contributed by atoms with Crippen LogP contribution in [0.5, 0.6) is 5.75 Å². The molecule has 2 amide bonds. The van der Waals surface area contributed by atoms with E-state index in [-0.39, 0.29) is 31.5 Å². The molecule has 2 aliphatic carbocycles. The van der Waals surface area contributed by atoms with E-state index >= 15 is 0 Å². The maximum Gasteiger partial charge on any atom is 0.247 e. The van der Waals surface area contributed by atoms with Crippen molar-refractivity contribution in [1.82, 2.24) is 10.2 Å². The van der Waals surface area contributed by atoms with Crippen LogP contribution in [0.25, 0.3) is 0 Å². The summed E-state index contributed by atoms with van der Waals surface area (Å²) in [6.07, 6.45) is 9.10. The smallest absolute Gasteiger partial charge is 0.247 e. The first-order chi connectivity index (χ1) is 17.6. The van der Waals surface area contributed by atoms with Gasteiger partial charge in [-0.2, -0.15) is 0 Å². The minimum atomic E-state index is -1.03. The third-order valence-electron chi connectivity index (χ3n) is 7.73. The van der Waals surface area contributed by atoms with Crippen LogP contribution >= 0.6 is 0 Å². The Bertz CT molecular complexity index is 1090. The molecule has 1 aliphatic heterocycles. The van der Waals surface area contributed by atoms with Crippen molar-refractivity contribution in [3.8, 4) is 5.75 Å². The zero-order valence-corrected chi connectivity index (χ0v) is 20.3. The molecule has 0 radical (unpaired) electrons. The van der Waals surface area contributed by atoms with Gasteiger partial charge in [0.25, 0.3) is 0 Å². The van der Waals surface area contributed by atoms with E-state index < -0.39 is 24.2 Å². The summed E-state index contributed by atoms with van der Waals surface area (Å²) in [6, 6.07) is 8.51. The Balaban J connectivity index is 1.47. The van der Waals surface area contributed by atoms with Crippen LogP contribution in [0, 0.1) is 5.92 Å². The van der Waals surface area contributed by atoms with E-state index in [1.165, 1.54) is 12.8 Å². The molecule has 2 aromatic rings. The van der Waals surface area contributed by atoms with Gasteiger partial charge in [0, 0.05) is 36.2 Å². The van der Waals surface area contributed by atoms with E-state index in [0.717, 1.165) is 30.4 Å². The van der Waals surface area contributed by atoms with E-state index in [4.69, 9.17) is 9.15 Å². The maximum absolute atomic E-state index is 13.6. The average molecular weight is 495 g/mol. The minimum absolute atomic E-state index is 0.0625. The second-order valence-electron chi connectivity index (χ2n) is 10.0. The van der Waals surface area contributed by atoms with Gasteiger partial charge in [-0.05, 0) is 30.5 Å². The van der Waals surface area contributed by atoms with E-state index in [2.05, 4.69) is 5.32 Å². The highest BCUT2D eigenvalue weighted by Crippen LogP contribution is 2.47. The Morgan fingerprint density at radius 3 is 2.69 bits per heavy atom. The number of nitrogens with one attached hydrogen (secondary N) is 1. The van der Waals surface area contributed by atoms with Crippen LogP contribution in [0.2, 0.25) is 0 Å². The number of aliphatic hydroxyl groups excluding tert-OH is 2. The van der Waals surface area contributed by atoms with Crippen molar-refractivity contribution in [2.75, 3.05) is 13.2 Å². The largest absolute Gasteiger partial charge is 0.486 e. The standard InChI is InChI=1S/C28H34N2O6/c31-13-12-29-28(34)21-15-22(26(33)27-25(21)20-7-3-4-8-23(20)36-27)30(16-19-11-14-35-17-19)24(32)10-9-18-5-1-2-6-18/h3-4,7-8,11,14-15,17-18,22,25-27,31,33H,1-2,5-6,9-10,12-13,16H2,(H,29,34). The van der Waals surface area contributed by atoms with Crippen LogP contribution in [0.1, 0.15) is 55.6 Å². The zero-order valence-electron chi connectivity index (χ0n) is 20.3. The molecular formula is C28H34N2O6. The summed E-state index contributed by atoms with van der Waals surface area (Å²) < 4.78 is 11.4. The summed E-state index contributed by atoms with van der Waals surface area (Å²) in [5.74, 6) is 0.330. The van der Waals surface area contributed by atoms with Gasteiger partial charge in [-0.25, -0.2) is 0 Å². The first-order valence-electron chi connectivity index (χ1n) is 12.9. The number of nitrogens with zero attached hydrogens (tertiary/aromatic N) is 1. The first-order valence-corrected chi connectivity index (χ1v) is 12.9. The van der Waals surface area contributed by atoms with Crippen molar-refractivity contribution in [3.63, 3.8) is 0 Å². The van der Waals surface area contributed by atoms with Gasteiger partial charge >= 0.3 is 0 Å². The van der Waals surface area contributed by atoms with Gasteiger partial charge in [0.15, 0.2) is 0 Å². The summed E-state index contributed by atoms with van der Waals surface area (Å²) in [5.41, 5.74) is 2.09. The van der Waals surface area contributed by atoms with Crippen LogP contribution in [0.3, 0.4) is 0 Å². The predicted molar refractivity (Wildman–Crippen MR) is 132 cm³/mol. The highest BCUT2D eigenvalue weighted by atomic mass is 16.5. The van der Waals surface area contributed by atoms with Crippen LogP contribution in [-0.2, 0) is 16.1 Å². The summed E-state index contributed by atoms with van der Waals surface area (Å²) in [6.45, 7) is 0.189. The highest BCUT2D eigenvalue weighted by molar-refractivity contribution is 5.96. The molecule has 1 saturated carbocycles. The number of aliphatic hydroxyl groups is 2. The van der Waals surface area contributed by atoms with Gasteiger partial charge in [-0.15, -0.1) is 0 Å². The number of ether oxygens (including phenoxy) is 1. The molecule has 8 heteroatoms. The topological polar surface area (TPSA) is 112 Å². The molecule has 0 spiro atoms. The molecule has 3 aliphatic rings. The molecule has 192 valence electrons. The fraction of sp³-hybridized carbons (Fsp3) is 0.500. The predicted octanol–water partition coefficient (Wildman–Crippen LogP) is 2.90. The number of hydrogen-bond donors (Lipinski definition) is 3. The van der Waals surface area contributed by atoms with Crippen molar-refractivity contribution >= 4 is 11.8 Å². The summed E-state index contributed by atoms with van der Waals surface area (Å²) in [7, 11) is 0. The molecule has 1 aromatic heterocycles. The number of carbonyl (C=O) groups excluding carboxylic acids is 2. The number of fused-ring (bicyclic) bond motifs is 3. The maximum atomic E-state index is 13.6. The molecule has 0 saturated heterocycles. The third-order valence-corrected chi connectivity index (χ3v) is 7.73. The Hall–Kier alpha value is -3.10. The van der Waals surface area contributed by atoms with Gasteiger partial charge in [0.1, 0.15) is 18.0 Å². The van der Waals surface area contributed by atoms with E-state index in [1.54, 1.807) is 29.6 Å². The molecule has 1 fully saturated rings. The van der Waals surface area contributed by atoms with Crippen LogP contribution in [0.15, 0.2) is 58.9 Å². The van der Waals surface area contributed by atoms with Crippen LogP contribution in [-0.4, -0.2) is 58.3 Å². The molecule has 1 aromatic carbocycles. The molecule has 8 nitrogen and oxygen atoms in total. The lowest BCUT2D eigenvalue weighted by molar-refractivity contribution is -0.138. The molecule has 0 bridgehead atoms. The fourth-order valence-electron chi connectivity index (χ4n) is 5.90. The fourth-order valence-corrected chi connectivity index (χ4v) is 5.90. The molecular weight excluding hydrogens is 460 g/mol. The summed E-state index contributed by atoms with van der Waals surface area (Å²) >= 11 is 0. The second-order valence-corrected chi connectivity index (χ2v) is 10.0. The van der Waals surface area contributed by atoms with Gasteiger partial charge in [0.2, 0.25) is 11.8 Å². The summed E-state index contributed by atoms with van der Waals surface area (Å²) in [4.78, 5) is 28.5. The van der Waals surface area contributed by atoms with Crippen molar-refractivity contribution in [3.05, 3.63) is 65.6 Å². The monoisotopic (exact) mass is 494 g/mol. The Kier molecular flexibility index (Phi) is 7.43. The lowest BCUT2D eigenvalue weighted by Crippen LogP contribution is -2.55. The lowest BCUT2D eigenvalue weighted by atomic mass is 9.77. The van der Waals surface area contributed by atoms with Crippen molar-refractivity contribution in [2.45, 2.75) is 69.2 Å². The average Bonchev–Trinajstić information content (AvgIpc) is 3.66. The number of benzene rings is 1. The van der Waals surface area contributed by atoms with Crippen molar-refractivity contribution < 1.29 is 29.0 Å². The van der Waals surface area contributed by atoms with Crippen LogP contribution < -0.4 is 10.1 Å². The molecule has 36 heavy (non-hydrogen) atoms. The number of carbonyl (C=O) groups is 2.